The minimum atomic E-state index is 0.547. The molecule has 0 atom stereocenters. The summed E-state index contributed by atoms with van der Waals surface area (Å²) < 4.78 is 1.21. The van der Waals surface area contributed by atoms with E-state index in [0.717, 1.165) is 21.7 Å². The summed E-state index contributed by atoms with van der Waals surface area (Å²) in [6.07, 6.45) is 0. The highest BCUT2D eigenvalue weighted by Gasteiger charge is 2.15. The quantitative estimate of drug-likeness (QED) is 0.673. The number of rotatable bonds is 2. The first-order valence-electron chi connectivity index (χ1n) is 5.39. The molecule has 0 aliphatic heterocycles. The van der Waals surface area contributed by atoms with Crippen molar-refractivity contribution in [3.8, 4) is 21.7 Å². The highest BCUT2D eigenvalue weighted by molar-refractivity contribution is 14.1. The first-order valence-corrected chi connectivity index (χ1v) is 7.35. The molecular weight excluding hydrogens is 357 g/mol. The molecule has 0 amide bonds. The van der Waals surface area contributed by atoms with E-state index in [4.69, 9.17) is 5.73 Å². The number of nitrogens with one attached hydrogen (secondary N) is 1. The third kappa shape index (κ3) is 2.04. The van der Waals surface area contributed by atoms with Crippen molar-refractivity contribution in [2.24, 2.45) is 0 Å². The molecule has 3 rings (SSSR count). The predicted octanol–water partition coefficient (Wildman–Crippen LogP) is 3.99. The van der Waals surface area contributed by atoms with E-state index in [1.165, 1.54) is 3.57 Å². The number of hydrogen-bond acceptors (Lipinski definition) is 3. The van der Waals surface area contributed by atoms with Crippen molar-refractivity contribution in [2.75, 3.05) is 5.73 Å². The summed E-state index contributed by atoms with van der Waals surface area (Å²) in [6, 6.07) is 12.4. The van der Waals surface area contributed by atoms with Gasteiger partial charge in [0.1, 0.15) is 0 Å². The molecule has 2 aromatic heterocycles. The Morgan fingerprint density at radius 1 is 1.17 bits per heavy atom. The lowest BCUT2D eigenvalue weighted by molar-refractivity contribution is 1.10. The highest BCUT2D eigenvalue weighted by atomic mass is 127. The number of H-pyrrole nitrogens is 1. The summed E-state index contributed by atoms with van der Waals surface area (Å²) in [7, 11) is 0. The first kappa shape index (κ1) is 11.7. The van der Waals surface area contributed by atoms with Gasteiger partial charge in [-0.15, -0.1) is 11.3 Å². The van der Waals surface area contributed by atoms with Crippen LogP contribution in [0.3, 0.4) is 0 Å². The summed E-state index contributed by atoms with van der Waals surface area (Å²) >= 11 is 3.96. The topological polar surface area (TPSA) is 54.7 Å². The molecule has 3 aromatic rings. The SMILES string of the molecule is Nc1n[nH]c(-c2ccc(I)cc2)c1-c1cccs1. The van der Waals surface area contributed by atoms with E-state index in [9.17, 15) is 0 Å². The van der Waals surface area contributed by atoms with Crippen LogP contribution in [0.15, 0.2) is 41.8 Å². The molecule has 0 saturated heterocycles. The van der Waals surface area contributed by atoms with Gasteiger partial charge in [-0.25, -0.2) is 0 Å². The molecule has 1 aromatic carbocycles. The summed E-state index contributed by atoms with van der Waals surface area (Å²) in [5.74, 6) is 0.547. The number of nitrogens with two attached hydrogens (primary N) is 1. The molecular formula is C13H10IN3S. The third-order valence-electron chi connectivity index (χ3n) is 2.69. The number of anilines is 1. The summed E-state index contributed by atoms with van der Waals surface area (Å²) in [4.78, 5) is 1.13. The molecule has 0 spiro atoms. The molecule has 2 heterocycles. The van der Waals surface area contributed by atoms with Gasteiger partial charge in [0.05, 0.1) is 11.3 Å². The molecule has 0 fully saturated rings. The van der Waals surface area contributed by atoms with Crippen LogP contribution in [0.25, 0.3) is 21.7 Å². The zero-order valence-electron chi connectivity index (χ0n) is 9.35. The van der Waals surface area contributed by atoms with Crippen LogP contribution in [0, 0.1) is 3.57 Å². The van der Waals surface area contributed by atoms with Gasteiger partial charge in [0.15, 0.2) is 5.82 Å². The maximum atomic E-state index is 5.96. The van der Waals surface area contributed by atoms with E-state index in [1.54, 1.807) is 11.3 Å². The third-order valence-corrected chi connectivity index (χ3v) is 4.30. The number of hydrogen-bond donors (Lipinski definition) is 2. The van der Waals surface area contributed by atoms with E-state index < -0.39 is 0 Å². The van der Waals surface area contributed by atoms with Crippen molar-refractivity contribution in [1.29, 1.82) is 0 Å². The predicted molar refractivity (Wildman–Crippen MR) is 84.5 cm³/mol. The summed E-state index contributed by atoms with van der Waals surface area (Å²) in [5.41, 5.74) is 9.03. The van der Waals surface area contributed by atoms with Crippen molar-refractivity contribution in [1.82, 2.24) is 10.2 Å². The molecule has 0 unspecified atom stereocenters. The largest absolute Gasteiger partial charge is 0.382 e. The zero-order valence-corrected chi connectivity index (χ0v) is 12.3. The molecule has 3 N–H and O–H groups in total. The fourth-order valence-electron chi connectivity index (χ4n) is 1.85. The lowest BCUT2D eigenvalue weighted by Crippen LogP contribution is -1.86. The Labute approximate surface area is 122 Å². The summed E-state index contributed by atoms with van der Waals surface area (Å²) in [5, 5.41) is 9.20. The molecule has 0 aliphatic rings. The Morgan fingerprint density at radius 2 is 1.94 bits per heavy atom. The zero-order chi connectivity index (χ0) is 12.5. The number of thiophene rings is 1. The Kier molecular flexibility index (Phi) is 3.09. The molecule has 0 saturated carbocycles. The van der Waals surface area contributed by atoms with Gasteiger partial charge in [-0.2, -0.15) is 5.10 Å². The van der Waals surface area contributed by atoms with Crippen molar-refractivity contribution < 1.29 is 0 Å². The monoisotopic (exact) mass is 367 g/mol. The Bertz CT molecular complexity index is 656. The van der Waals surface area contributed by atoms with Crippen LogP contribution in [-0.2, 0) is 0 Å². The molecule has 3 nitrogen and oxygen atoms in total. The van der Waals surface area contributed by atoms with Gasteiger partial charge in [-0.1, -0.05) is 18.2 Å². The van der Waals surface area contributed by atoms with Crippen LogP contribution in [0.5, 0.6) is 0 Å². The van der Waals surface area contributed by atoms with Crippen molar-refractivity contribution in [2.45, 2.75) is 0 Å². The average molecular weight is 367 g/mol. The number of nitrogen functional groups attached to an aromatic ring is 1. The number of halogens is 1. The second kappa shape index (κ2) is 4.74. The minimum Gasteiger partial charge on any atom is -0.382 e. The van der Waals surface area contributed by atoms with Crippen LogP contribution in [0.4, 0.5) is 5.82 Å². The lowest BCUT2D eigenvalue weighted by atomic mass is 10.1. The van der Waals surface area contributed by atoms with Gasteiger partial charge in [-0.05, 0) is 46.2 Å². The highest BCUT2D eigenvalue weighted by Crippen LogP contribution is 2.37. The van der Waals surface area contributed by atoms with Gasteiger partial charge in [0, 0.05) is 14.0 Å². The molecule has 0 aliphatic carbocycles. The van der Waals surface area contributed by atoms with E-state index >= 15 is 0 Å². The van der Waals surface area contributed by atoms with E-state index in [1.807, 2.05) is 11.4 Å². The van der Waals surface area contributed by atoms with E-state index in [0.29, 0.717) is 5.82 Å². The number of benzene rings is 1. The molecule has 0 bridgehead atoms. The minimum absolute atomic E-state index is 0.547. The fraction of sp³-hybridized carbons (Fsp3) is 0. The van der Waals surface area contributed by atoms with Crippen LogP contribution >= 0.6 is 33.9 Å². The number of aromatic amines is 1. The van der Waals surface area contributed by atoms with Gasteiger partial charge in [0.2, 0.25) is 0 Å². The van der Waals surface area contributed by atoms with Gasteiger partial charge >= 0.3 is 0 Å². The Morgan fingerprint density at radius 3 is 2.61 bits per heavy atom. The smallest absolute Gasteiger partial charge is 0.154 e. The number of aromatic nitrogens is 2. The van der Waals surface area contributed by atoms with E-state index in [2.05, 4.69) is 63.1 Å². The second-order valence-electron chi connectivity index (χ2n) is 3.84. The van der Waals surface area contributed by atoms with Crippen molar-refractivity contribution in [3.05, 3.63) is 45.3 Å². The number of nitrogens with zero attached hydrogens (tertiary/aromatic N) is 1. The van der Waals surface area contributed by atoms with Crippen LogP contribution in [-0.4, -0.2) is 10.2 Å². The maximum absolute atomic E-state index is 5.96. The lowest BCUT2D eigenvalue weighted by Gasteiger charge is -2.02. The van der Waals surface area contributed by atoms with Gasteiger partial charge in [0.25, 0.3) is 0 Å². The fourth-order valence-corrected chi connectivity index (χ4v) is 3.00. The normalized spacial score (nSPS) is 10.7. The van der Waals surface area contributed by atoms with Crippen LogP contribution < -0.4 is 5.73 Å². The molecule has 90 valence electrons. The molecule has 5 heteroatoms. The van der Waals surface area contributed by atoms with E-state index in [-0.39, 0.29) is 0 Å². The van der Waals surface area contributed by atoms with Crippen LogP contribution in [0.2, 0.25) is 0 Å². The van der Waals surface area contributed by atoms with Crippen LogP contribution in [0.1, 0.15) is 0 Å². The molecule has 18 heavy (non-hydrogen) atoms. The van der Waals surface area contributed by atoms with Crippen molar-refractivity contribution >= 4 is 39.7 Å². The maximum Gasteiger partial charge on any atom is 0.154 e. The Balaban J connectivity index is 2.16. The van der Waals surface area contributed by atoms with Gasteiger partial charge < -0.3 is 5.73 Å². The Hall–Kier alpha value is -1.34. The second-order valence-corrected chi connectivity index (χ2v) is 6.04. The standard InChI is InChI=1S/C13H10IN3S/c14-9-5-3-8(4-6-9)12-11(13(15)17-16-12)10-2-1-7-18-10/h1-7H,(H3,15,16,17). The average Bonchev–Trinajstić information content (AvgIpc) is 2.99. The summed E-state index contributed by atoms with van der Waals surface area (Å²) in [6.45, 7) is 0. The first-order chi connectivity index (χ1) is 8.75. The molecule has 0 radical (unpaired) electrons. The van der Waals surface area contributed by atoms with Gasteiger partial charge in [-0.3, -0.25) is 5.10 Å². The van der Waals surface area contributed by atoms with Crippen molar-refractivity contribution in [3.63, 3.8) is 0 Å².